The average molecular weight is 209 g/mol. The molecule has 0 N–H and O–H groups in total. The lowest BCUT2D eigenvalue weighted by Gasteiger charge is -2.41. The van der Waals surface area contributed by atoms with E-state index in [9.17, 15) is 0 Å². The van der Waals surface area contributed by atoms with E-state index < -0.39 is 0 Å². The minimum Gasteiger partial charge on any atom is -0.308 e. The van der Waals surface area contributed by atoms with Gasteiger partial charge >= 0.3 is 0 Å². The number of likely N-dealkylation sites (N-methyl/N-ethyl adjacent to an activating group) is 1. The molecule has 86 valence electrons. The van der Waals surface area contributed by atoms with E-state index >= 15 is 0 Å². The zero-order chi connectivity index (χ0) is 11.5. The van der Waals surface area contributed by atoms with Crippen LogP contribution in [0.5, 0.6) is 0 Å². The monoisotopic (exact) mass is 209 g/mol. The van der Waals surface area contributed by atoms with Gasteiger partial charge in [0.15, 0.2) is 0 Å². The molecule has 0 aromatic carbocycles. The van der Waals surface area contributed by atoms with Crippen LogP contribution < -0.4 is 0 Å². The van der Waals surface area contributed by atoms with Gasteiger partial charge in [-0.2, -0.15) is 5.26 Å². The normalized spacial score (nSPS) is 26.5. The molecular weight excluding hydrogens is 186 g/mol. The van der Waals surface area contributed by atoms with Crippen LogP contribution in [0.3, 0.4) is 0 Å². The van der Waals surface area contributed by atoms with Gasteiger partial charge in [-0.25, -0.2) is 0 Å². The molecule has 1 saturated heterocycles. The second-order valence-corrected chi connectivity index (χ2v) is 5.54. The summed E-state index contributed by atoms with van der Waals surface area (Å²) in [5.41, 5.74) is 0.152. The third-order valence-electron chi connectivity index (χ3n) is 3.33. The molecule has 0 aliphatic carbocycles. The Morgan fingerprint density at radius 1 is 1.47 bits per heavy atom. The van der Waals surface area contributed by atoms with Crippen LogP contribution >= 0.6 is 0 Å². The van der Waals surface area contributed by atoms with Crippen molar-refractivity contribution in [3.8, 4) is 6.07 Å². The van der Waals surface area contributed by atoms with Gasteiger partial charge in [0.2, 0.25) is 0 Å². The van der Waals surface area contributed by atoms with Crippen LogP contribution in [-0.4, -0.2) is 50.1 Å². The largest absolute Gasteiger partial charge is 0.308 e. The van der Waals surface area contributed by atoms with Gasteiger partial charge in [0.25, 0.3) is 0 Å². The van der Waals surface area contributed by atoms with Crippen LogP contribution in [0.25, 0.3) is 0 Å². The highest BCUT2D eigenvalue weighted by atomic mass is 15.2. The van der Waals surface area contributed by atoms with Crippen LogP contribution in [0.1, 0.15) is 20.3 Å². The molecule has 0 aromatic heterocycles. The zero-order valence-corrected chi connectivity index (χ0v) is 10.5. The summed E-state index contributed by atoms with van der Waals surface area (Å²) in [6.07, 6.45) is 1.02. The van der Waals surface area contributed by atoms with Crippen molar-refractivity contribution in [2.75, 3.05) is 40.3 Å². The molecule has 0 radical (unpaired) electrons. The molecular formula is C12H23N3. The van der Waals surface area contributed by atoms with Gasteiger partial charge in [-0.1, -0.05) is 13.8 Å². The molecule has 1 unspecified atom stereocenters. The van der Waals surface area contributed by atoms with Gasteiger partial charge in [-0.05, 0) is 32.5 Å². The standard InChI is InChI=1S/C12H23N3/c1-12(2)10-15(8-7-14(3)4)6-5-11(12)9-13/h11H,5-8,10H2,1-4H3. The average Bonchev–Trinajstić information content (AvgIpc) is 2.13. The molecule has 1 aliphatic rings. The summed E-state index contributed by atoms with van der Waals surface area (Å²) in [7, 11) is 4.21. The first-order chi connectivity index (χ1) is 6.95. The summed E-state index contributed by atoms with van der Waals surface area (Å²) < 4.78 is 0. The number of likely N-dealkylation sites (tertiary alicyclic amines) is 1. The van der Waals surface area contributed by atoms with Gasteiger partial charge in [0.1, 0.15) is 0 Å². The van der Waals surface area contributed by atoms with Crippen molar-refractivity contribution < 1.29 is 0 Å². The topological polar surface area (TPSA) is 30.3 Å². The lowest BCUT2D eigenvalue weighted by molar-refractivity contribution is 0.0774. The molecule has 1 fully saturated rings. The van der Waals surface area contributed by atoms with Gasteiger partial charge in [0, 0.05) is 19.6 Å². The van der Waals surface area contributed by atoms with Gasteiger partial charge in [-0.15, -0.1) is 0 Å². The molecule has 1 heterocycles. The van der Waals surface area contributed by atoms with Crippen LogP contribution in [-0.2, 0) is 0 Å². The quantitative estimate of drug-likeness (QED) is 0.704. The van der Waals surface area contributed by atoms with Crippen molar-refractivity contribution in [1.29, 1.82) is 5.26 Å². The van der Waals surface area contributed by atoms with Crippen LogP contribution in [0.4, 0.5) is 0 Å². The van der Waals surface area contributed by atoms with E-state index in [4.69, 9.17) is 5.26 Å². The molecule has 3 nitrogen and oxygen atoms in total. The molecule has 15 heavy (non-hydrogen) atoms. The Balaban J connectivity index is 2.44. The number of nitriles is 1. The number of hydrogen-bond donors (Lipinski definition) is 0. The fraction of sp³-hybridized carbons (Fsp3) is 0.917. The smallest absolute Gasteiger partial charge is 0.0662 e. The van der Waals surface area contributed by atoms with E-state index in [2.05, 4.69) is 43.8 Å². The zero-order valence-electron chi connectivity index (χ0n) is 10.5. The van der Waals surface area contributed by atoms with E-state index in [1.807, 2.05) is 0 Å². The van der Waals surface area contributed by atoms with Gasteiger partial charge in [0.05, 0.1) is 12.0 Å². The van der Waals surface area contributed by atoms with Crippen molar-refractivity contribution in [1.82, 2.24) is 9.80 Å². The van der Waals surface area contributed by atoms with E-state index in [1.165, 1.54) is 0 Å². The molecule has 0 saturated carbocycles. The fourth-order valence-electron chi connectivity index (χ4n) is 2.24. The maximum Gasteiger partial charge on any atom is 0.0662 e. The fourth-order valence-corrected chi connectivity index (χ4v) is 2.24. The molecule has 0 amide bonds. The van der Waals surface area contributed by atoms with E-state index in [0.29, 0.717) is 0 Å². The molecule has 3 heteroatoms. The number of hydrogen-bond acceptors (Lipinski definition) is 3. The number of rotatable bonds is 3. The summed E-state index contributed by atoms with van der Waals surface area (Å²) in [6, 6.07) is 2.44. The minimum absolute atomic E-state index is 0.152. The molecule has 1 atom stereocenters. The molecule has 0 aromatic rings. The number of nitrogens with zero attached hydrogens (tertiary/aromatic N) is 3. The lowest BCUT2D eigenvalue weighted by Crippen LogP contribution is -2.47. The highest BCUT2D eigenvalue weighted by Crippen LogP contribution is 2.33. The Morgan fingerprint density at radius 2 is 2.13 bits per heavy atom. The van der Waals surface area contributed by atoms with Crippen molar-refractivity contribution >= 4 is 0 Å². The molecule has 1 aliphatic heterocycles. The summed E-state index contributed by atoms with van der Waals surface area (Å²) >= 11 is 0. The molecule has 0 spiro atoms. The Morgan fingerprint density at radius 3 is 2.60 bits per heavy atom. The highest BCUT2D eigenvalue weighted by molar-refractivity contribution is 4.98. The summed E-state index contributed by atoms with van der Waals surface area (Å²) in [5.74, 6) is 0.230. The Bertz CT molecular complexity index is 240. The SMILES string of the molecule is CN(C)CCN1CCC(C#N)C(C)(C)C1. The van der Waals surface area contributed by atoms with Crippen LogP contribution in [0.2, 0.25) is 0 Å². The van der Waals surface area contributed by atoms with Crippen LogP contribution in [0.15, 0.2) is 0 Å². The first-order valence-corrected chi connectivity index (χ1v) is 5.72. The molecule has 0 bridgehead atoms. The molecule has 1 rings (SSSR count). The number of piperidine rings is 1. The maximum atomic E-state index is 9.05. The summed E-state index contributed by atoms with van der Waals surface area (Å²) in [5, 5.41) is 9.05. The minimum atomic E-state index is 0.152. The maximum absolute atomic E-state index is 9.05. The van der Waals surface area contributed by atoms with Crippen molar-refractivity contribution in [2.24, 2.45) is 11.3 Å². The lowest BCUT2D eigenvalue weighted by atomic mass is 9.75. The summed E-state index contributed by atoms with van der Waals surface area (Å²) in [6.45, 7) is 8.78. The van der Waals surface area contributed by atoms with Gasteiger partial charge < -0.3 is 9.80 Å². The predicted molar refractivity (Wildman–Crippen MR) is 62.5 cm³/mol. The van der Waals surface area contributed by atoms with Crippen molar-refractivity contribution in [2.45, 2.75) is 20.3 Å². The Kier molecular flexibility index (Phi) is 4.12. The van der Waals surface area contributed by atoms with Crippen molar-refractivity contribution in [3.63, 3.8) is 0 Å². The second-order valence-electron chi connectivity index (χ2n) is 5.54. The Labute approximate surface area is 93.7 Å². The van der Waals surface area contributed by atoms with E-state index in [1.54, 1.807) is 0 Å². The summed E-state index contributed by atoms with van der Waals surface area (Å²) in [4.78, 5) is 4.69. The van der Waals surface area contributed by atoms with Gasteiger partial charge in [-0.3, -0.25) is 0 Å². The first-order valence-electron chi connectivity index (χ1n) is 5.72. The van der Waals surface area contributed by atoms with E-state index in [0.717, 1.165) is 32.6 Å². The van der Waals surface area contributed by atoms with Crippen molar-refractivity contribution in [3.05, 3.63) is 0 Å². The highest BCUT2D eigenvalue weighted by Gasteiger charge is 2.35. The second kappa shape index (κ2) is 4.96. The predicted octanol–water partition coefficient (Wildman–Crippen LogP) is 1.42. The Hall–Kier alpha value is -0.590. The third-order valence-corrected chi connectivity index (χ3v) is 3.33. The third kappa shape index (κ3) is 3.48. The van der Waals surface area contributed by atoms with E-state index in [-0.39, 0.29) is 11.3 Å². The first kappa shape index (κ1) is 12.5. The van der Waals surface area contributed by atoms with Crippen LogP contribution in [0, 0.1) is 22.7 Å².